The molecule has 1 rings (SSSR count). The number of likely N-dealkylation sites (N-methyl/N-ethyl adjacent to an activating group) is 1. The molecule has 1 aliphatic rings. The number of nitrogens with zero attached hydrogens (tertiary/aromatic N) is 1. The molecule has 0 saturated heterocycles. The minimum atomic E-state index is -0.988. The molecule has 0 unspecified atom stereocenters. The van der Waals surface area contributed by atoms with Crippen molar-refractivity contribution in [3.8, 4) is 0 Å². The van der Waals surface area contributed by atoms with Gasteiger partial charge in [-0.2, -0.15) is 0 Å². The van der Waals surface area contributed by atoms with E-state index in [1.807, 2.05) is 0 Å². The molecule has 1 fully saturated rings. The number of hydrogen-bond acceptors (Lipinski definition) is 4. The second-order valence-corrected chi connectivity index (χ2v) is 5.03. The third kappa shape index (κ3) is 6.40. The second kappa shape index (κ2) is 7.96. The Balaban J connectivity index is 2.21. The third-order valence-corrected chi connectivity index (χ3v) is 3.32. The smallest absolute Gasteiger partial charge is 0.404 e. The van der Waals surface area contributed by atoms with Crippen molar-refractivity contribution in [3.63, 3.8) is 0 Å². The van der Waals surface area contributed by atoms with E-state index in [9.17, 15) is 9.59 Å². The third-order valence-electron chi connectivity index (χ3n) is 3.32. The molecule has 7 heteroatoms. The van der Waals surface area contributed by atoms with E-state index in [0.717, 1.165) is 25.7 Å². The lowest BCUT2D eigenvalue weighted by molar-refractivity contribution is -0.123. The average Bonchev–Trinajstić information content (AvgIpc) is 2.31. The Bertz CT molecular complexity index is 303. The van der Waals surface area contributed by atoms with E-state index in [0.29, 0.717) is 6.54 Å². The van der Waals surface area contributed by atoms with Crippen LogP contribution < -0.4 is 10.6 Å². The van der Waals surface area contributed by atoms with Gasteiger partial charge in [0.2, 0.25) is 5.91 Å². The van der Waals surface area contributed by atoms with Crippen molar-refractivity contribution in [2.75, 3.05) is 26.7 Å². The maximum Gasteiger partial charge on any atom is 0.404 e. The molecule has 1 saturated carbocycles. The van der Waals surface area contributed by atoms with Crippen LogP contribution in [0, 0.1) is 0 Å². The second-order valence-electron chi connectivity index (χ2n) is 5.03. The number of rotatable bonds is 6. The van der Waals surface area contributed by atoms with Crippen molar-refractivity contribution in [2.45, 2.75) is 37.8 Å². The van der Waals surface area contributed by atoms with E-state index < -0.39 is 6.09 Å². The first-order chi connectivity index (χ1) is 9.01. The van der Waals surface area contributed by atoms with Gasteiger partial charge in [-0.15, -0.1) is 0 Å². The predicted molar refractivity (Wildman–Crippen MR) is 69.9 cm³/mol. The highest BCUT2D eigenvalue weighted by atomic mass is 16.4. The molecule has 0 aromatic rings. The summed E-state index contributed by atoms with van der Waals surface area (Å²) < 4.78 is 0. The van der Waals surface area contributed by atoms with Crippen LogP contribution in [-0.4, -0.2) is 65.9 Å². The summed E-state index contributed by atoms with van der Waals surface area (Å²) in [7, 11) is 1.78. The number of carboxylic acid groups (broad SMARTS) is 1. The normalized spacial score (nSPS) is 23.1. The van der Waals surface area contributed by atoms with Crippen molar-refractivity contribution in [1.82, 2.24) is 15.5 Å². The van der Waals surface area contributed by atoms with Crippen LogP contribution in [0.3, 0.4) is 0 Å². The van der Waals surface area contributed by atoms with Gasteiger partial charge in [0.1, 0.15) is 0 Å². The Kier molecular flexibility index (Phi) is 6.58. The molecule has 7 nitrogen and oxygen atoms in total. The Morgan fingerprint density at radius 3 is 2.16 bits per heavy atom. The van der Waals surface area contributed by atoms with Crippen LogP contribution in [0.25, 0.3) is 0 Å². The lowest BCUT2D eigenvalue weighted by Crippen LogP contribution is -2.46. The molecule has 0 spiro atoms. The van der Waals surface area contributed by atoms with Gasteiger partial charge in [0, 0.05) is 18.6 Å². The molecule has 19 heavy (non-hydrogen) atoms. The minimum Gasteiger partial charge on any atom is -0.465 e. The lowest BCUT2D eigenvalue weighted by Gasteiger charge is -2.29. The number of carbonyl (C=O) groups is 2. The van der Waals surface area contributed by atoms with E-state index in [4.69, 9.17) is 10.2 Å². The molecule has 1 aliphatic carbocycles. The van der Waals surface area contributed by atoms with Crippen LogP contribution in [0.1, 0.15) is 25.7 Å². The van der Waals surface area contributed by atoms with Gasteiger partial charge in [-0.1, -0.05) is 0 Å². The van der Waals surface area contributed by atoms with Gasteiger partial charge in [-0.3, -0.25) is 9.69 Å². The van der Waals surface area contributed by atoms with Crippen LogP contribution in [0.5, 0.6) is 0 Å². The standard InChI is InChI=1S/C12H23N3O4/c1-15(6-7-16)8-11(17)13-9-2-4-10(5-3-9)14-12(18)19/h9-10,14,16H,2-8H2,1H3,(H,13,17)(H,18,19)/t9-,10-. The van der Waals surface area contributed by atoms with Crippen LogP contribution in [0.2, 0.25) is 0 Å². The van der Waals surface area contributed by atoms with Crippen LogP contribution >= 0.6 is 0 Å². The topological polar surface area (TPSA) is 102 Å². The molecule has 110 valence electrons. The van der Waals surface area contributed by atoms with Crippen LogP contribution in [0.15, 0.2) is 0 Å². The maximum atomic E-state index is 11.7. The number of carbonyl (C=O) groups excluding carboxylic acids is 1. The zero-order chi connectivity index (χ0) is 14.3. The Hall–Kier alpha value is -1.34. The predicted octanol–water partition coefficient (Wildman–Crippen LogP) is -0.394. The number of nitrogens with one attached hydrogen (secondary N) is 2. The number of amides is 2. The van der Waals surface area contributed by atoms with E-state index in [1.54, 1.807) is 11.9 Å². The Morgan fingerprint density at radius 2 is 1.68 bits per heavy atom. The summed E-state index contributed by atoms with van der Waals surface area (Å²) in [6.45, 7) is 0.784. The maximum absolute atomic E-state index is 11.7. The van der Waals surface area contributed by atoms with Gasteiger partial charge in [0.05, 0.1) is 13.2 Å². The minimum absolute atomic E-state index is 0.00251. The highest BCUT2D eigenvalue weighted by Gasteiger charge is 2.23. The van der Waals surface area contributed by atoms with Crippen molar-refractivity contribution >= 4 is 12.0 Å². The molecule has 0 bridgehead atoms. The molecular weight excluding hydrogens is 250 g/mol. The van der Waals surface area contributed by atoms with Gasteiger partial charge >= 0.3 is 6.09 Å². The van der Waals surface area contributed by atoms with E-state index in [2.05, 4.69) is 10.6 Å². The zero-order valence-electron chi connectivity index (χ0n) is 11.3. The average molecular weight is 273 g/mol. The van der Waals surface area contributed by atoms with E-state index in [1.165, 1.54) is 0 Å². The summed E-state index contributed by atoms with van der Waals surface area (Å²) in [5, 5.41) is 22.8. The molecule has 0 atom stereocenters. The fourth-order valence-electron chi connectivity index (χ4n) is 2.32. The van der Waals surface area contributed by atoms with Crippen molar-refractivity contribution in [1.29, 1.82) is 0 Å². The zero-order valence-corrected chi connectivity index (χ0v) is 11.3. The molecule has 0 heterocycles. The summed E-state index contributed by atoms with van der Waals surface area (Å²) in [4.78, 5) is 24.0. The van der Waals surface area contributed by atoms with Crippen molar-refractivity contribution < 1.29 is 19.8 Å². The van der Waals surface area contributed by atoms with Crippen molar-refractivity contribution in [3.05, 3.63) is 0 Å². The molecule has 0 radical (unpaired) electrons. The number of aliphatic hydroxyl groups excluding tert-OH is 1. The highest BCUT2D eigenvalue weighted by molar-refractivity contribution is 5.78. The molecule has 4 N–H and O–H groups in total. The molecule has 2 amide bonds. The van der Waals surface area contributed by atoms with E-state index >= 15 is 0 Å². The van der Waals surface area contributed by atoms with Crippen molar-refractivity contribution in [2.24, 2.45) is 0 Å². The van der Waals surface area contributed by atoms with Gasteiger partial charge in [0.15, 0.2) is 0 Å². The van der Waals surface area contributed by atoms with Gasteiger partial charge in [-0.25, -0.2) is 4.79 Å². The largest absolute Gasteiger partial charge is 0.465 e. The lowest BCUT2D eigenvalue weighted by atomic mass is 9.91. The highest BCUT2D eigenvalue weighted by Crippen LogP contribution is 2.18. The summed E-state index contributed by atoms with van der Waals surface area (Å²) in [6.07, 6.45) is 2.10. The van der Waals surface area contributed by atoms with Gasteiger partial charge in [-0.05, 0) is 32.7 Å². The van der Waals surface area contributed by atoms with Crippen LogP contribution in [-0.2, 0) is 4.79 Å². The van der Waals surface area contributed by atoms with Gasteiger partial charge < -0.3 is 20.8 Å². The van der Waals surface area contributed by atoms with Gasteiger partial charge in [0.25, 0.3) is 0 Å². The Labute approximate surface area is 113 Å². The molecule has 0 aromatic heterocycles. The van der Waals surface area contributed by atoms with Crippen LogP contribution in [0.4, 0.5) is 4.79 Å². The SMILES string of the molecule is CN(CCO)CC(=O)N[C@H]1CC[C@H](NC(=O)O)CC1. The first-order valence-electron chi connectivity index (χ1n) is 6.59. The molecule has 0 aliphatic heterocycles. The van der Waals surface area contributed by atoms with E-state index in [-0.39, 0.29) is 31.1 Å². The Morgan fingerprint density at radius 1 is 1.16 bits per heavy atom. The summed E-state index contributed by atoms with van der Waals surface area (Å²) in [5.41, 5.74) is 0. The molecule has 0 aromatic carbocycles. The molecular formula is C12H23N3O4. The first-order valence-corrected chi connectivity index (χ1v) is 6.59. The summed E-state index contributed by atoms with van der Waals surface area (Å²) in [5.74, 6) is -0.0504. The number of aliphatic hydroxyl groups is 1. The summed E-state index contributed by atoms with van der Waals surface area (Å²) in [6, 6.07) is 0.129. The first kappa shape index (κ1) is 15.7. The quantitative estimate of drug-likeness (QED) is 0.528. The number of hydrogen-bond donors (Lipinski definition) is 4. The summed E-state index contributed by atoms with van der Waals surface area (Å²) >= 11 is 0. The monoisotopic (exact) mass is 273 g/mol. The fourth-order valence-corrected chi connectivity index (χ4v) is 2.32. The fraction of sp³-hybridized carbons (Fsp3) is 0.833.